The largest absolute Gasteiger partial charge is 0.368 e. The summed E-state index contributed by atoms with van der Waals surface area (Å²) in [6, 6.07) is 0. The number of nitrogens with one attached hydrogen (secondary N) is 1. The molecule has 0 bridgehead atoms. The smallest absolute Gasteiger partial charge is 0.254 e. The van der Waals surface area contributed by atoms with Crippen LogP contribution in [0.2, 0.25) is 0 Å². The zero-order valence-corrected chi connectivity index (χ0v) is 11.4. The predicted octanol–water partition coefficient (Wildman–Crippen LogP) is 1.04. The average Bonchev–Trinajstić information content (AvgIpc) is 2.64. The van der Waals surface area contributed by atoms with Gasteiger partial charge >= 0.3 is 0 Å². The Balaban J connectivity index is 1.92. The van der Waals surface area contributed by atoms with Crippen molar-refractivity contribution in [2.75, 3.05) is 26.7 Å². The maximum absolute atomic E-state index is 12.2. The van der Waals surface area contributed by atoms with Gasteiger partial charge in [-0.05, 0) is 32.7 Å². The second-order valence-electron chi connectivity index (χ2n) is 5.56. The molecule has 2 heterocycles. The highest BCUT2D eigenvalue weighted by atomic mass is 16.5. The van der Waals surface area contributed by atoms with Crippen molar-refractivity contribution in [3.8, 4) is 0 Å². The van der Waals surface area contributed by atoms with E-state index in [1.165, 1.54) is 6.42 Å². The minimum Gasteiger partial charge on any atom is -0.368 e. The van der Waals surface area contributed by atoms with Gasteiger partial charge in [0.05, 0.1) is 12.3 Å². The Labute approximate surface area is 113 Å². The summed E-state index contributed by atoms with van der Waals surface area (Å²) in [6.45, 7) is 2.43. The first-order valence-corrected chi connectivity index (χ1v) is 7.16. The van der Waals surface area contributed by atoms with Crippen molar-refractivity contribution >= 4 is 0 Å². The summed E-state index contributed by atoms with van der Waals surface area (Å²) in [4.78, 5) is 22.0. The lowest BCUT2D eigenvalue weighted by molar-refractivity contribution is -0.0257. The number of rotatable bonds is 1. The third kappa shape index (κ3) is 2.72. The van der Waals surface area contributed by atoms with E-state index in [2.05, 4.69) is 21.9 Å². The van der Waals surface area contributed by atoms with Crippen LogP contribution in [0.15, 0.2) is 4.79 Å². The van der Waals surface area contributed by atoms with E-state index in [4.69, 9.17) is 4.74 Å². The monoisotopic (exact) mass is 263 g/mol. The highest BCUT2D eigenvalue weighted by Gasteiger charge is 2.24. The third-order valence-corrected chi connectivity index (χ3v) is 4.03. The number of morpholine rings is 1. The van der Waals surface area contributed by atoms with E-state index in [0.29, 0.717) is 12.4 Å². The molecule has 1 fully saturated rings. The molecule has 1 unspecified atom stereocenters. The van der Waals surface area contributed by atoms with E-state index in [0.717, 1.165) is 50.0 Å². The summed E-state index contributed by atoms with van der Waals surface area (Å²) in [5.41, 5.74) is 1.93. The van der Waals surface area contributed by atoms with Gasteiger partial charge < -0.3 is 14.6 Å². The van der Waals surface area contributed by atoms with Crippen LogP contribution < -0.4 is 5.56 Å². The number of hydrogen-bond acceptors (Lipinski definition) is 4. The molecule has 1 aliphatic heterocycles. The minimum absolute atomic E-state index is 0.0405. The zero-order chi connectivity index (χ0) is 13.2. The molecule has 5 nitrogen and oxygen atoms in total. The molecule has 5 heteroatoms. The lowest BCUT2D eigenvalue weighted by Crippen LogP contribution is -2.37. The Kier molecular flexibility index (Phi) is 3.66. The Bertz CT molecular complexity index is 512. The third-order valence-electron chi connectivity index (χ3n) is 4.03. The molecule has 3 rings (SSSR count). The van der Waals surface area contributed by atoms with Crippen LogP contribution in [0, 0.1) is 0 Å². The van der Waals surface area contributed by atoms with Crippen LogP contribution in [0.1, 0.15) is 42.4 Å². The molecule has 0 spiro atoms. The molecular formula is C14H21N3O2. The van der Waals surface area contributed by atoms with Crippen LogP contribution in [-0.4, -0.2) is 41.6 Å². The standard InChI is InChI=1S/C14H21N3O2/c1-17-7-8-19-12(9-17)13-15-11-6-4-2-3-5-10(11)14(18)16-13/h12H,2-9H2,1H3,(H,15,16,18). The fourth-order valence-corrected chi connectivity index (χ4v) is 2.90. The number of ether oxygens (including phenoxy) is 1. The summed E-state index contributed by atoms with van der Waals surface area (Å²) in [7, 11) is 2.07. The van der Waals surface area contributed by atoms with Gasteiger partial charge in [0.25, 0.3) is 5.56 Å². The van der Waals surface area contributed by atoms with Gasteiger partial charge in [0.15, 0.2) is 0 Å². The summed E-state index contributed by atoms with van der Waals surface area (Å²) in [5.74, 6) is 0.706. The van der Waals surface area contributed by atoms with Crippen LogP contribution in [-0.2, 0) is 17.6 Å². The molecule has 0 radical (unpaired) electrons. The Morgan fingerprint density at radius 1 is 1.32 bits per heavy atom. The molecule has 1 N–H and O–H groups in total. The SMILES string of the molecule is CN1CCOC(c2nc3c(c(=O)[nH]2)CCCCC3)C1. The second-order valence-corrected chi connectivity index (χ2v) is 5.56. The van der Waals surface area contributed by atoms with Crippen LogP contribution in [0.25, 0.3) is 0 Å². The second kappa shape index (κ2) is 5.43. The Hall–Kier alpha value is -1.20. The number of aromatic nitrogens is 2. The van der Waals surface area contributed by atoms with E-state index >= 15 is 0 Å². The summed E-state index contributed by atoms with van der Waals surface area (Å²) < 4.78 is 5.74. The fraction of sp³-hybridized carbons (Fsp3) is 0.714. The molecule has 1 aromatic rings. The van der Waals surface area contributed by atoms with Crippen molar-refractivity contribution in [3.63, 3.8) is 0 Å². The molecule has 1 atom stereocenters. The molecule has 2 aliphatic rings. The van der Waals surface area contributed by atoms with Gasteiger partial charge in [-0.25, -0.2) is 4.98 Å². The van der Waals surface area contributed by atoms with Crippen LogP contribution in [0.4, 0.5) is 0 Å². The predicted molar refractivity (Wildman–Crippen MR) is 72.3 cm³/mol. The quantitative estimate of drug-likeness (QED) is 0.769. The van der Waals surface area contributed by atoms with E-state index in [1.807, 2.05) is 0 Å². The van der Waals surface area contributed by atoms with Gasteiger partial charge in [-0.1, -0.05) is 6.42 Å². The van der Waals surface area contributed by atoms with E-state index < -0.39 is 0 Å². The number of hydrogen-bond donors (Lipinski definition) is 1. The van der Waals surface area contributed by atoms with Crippen LogP contribution in [0.5, 0.6) is 0 Å². The van der Waals surface area contributed by atoms with E-state index in [9.17, 15) is 4.79 Å². The minimum atomic E-state index is -0.0972. The summed E-state index contributed by atoms with van der Waals surface area (Å²) >= 11 is 0. The zero-order valence-electron chi connectivity index (χ0n) is 11.4. The lowest BCUT2D eigenvalue weighted by atomic mass is 10.1. The van der Waals surface area contributed by atoms with Crippen molar-refractivity contribution in [3.05, 3.63) is 27.4 Å². The van der Waals surface area contributed by atoms with E-state index in [-0.39, 0.29) is 11.7 Å². The normalized spacial score (nSPS) is 24.8. The van der Waals surface area contributed by atoms with Gasteiger partial charge in [0, 0.05) is 18.7 Å². The molecule has 1 aromatic heterocycles. The van der Waals surface area contributed by atoms with Gasteiger partial charge in [-0.3, -0.25) is 4.79 Å². The molecule has 19 heavy (non-hydrogen) atoms. The number of aryl methyl sites for hydroxylation is 1. The number of H-pyrrole nitrogens is 1. The summed E-state index contributed by atoms with van der Waals surface area (Å²) in [6.07, 6.45) is 5.11. The maximum atomic E-state index is 12.2. The molecular weight excluding hydrogens is 242 g/mol. The van der Waals surface area contributed by atoms with Crippen molar-refractivity contribution in [2.45, 2.75) is 38.2 Å². The van der Waals surface area contributed by atoms with Gasteiger partial charge in [-0.15, -0.1) is 0 Å². The van der Waals surface area contributed by atoms with Gasteiger partial charge in [0.2, 0.25) is 0 Å². The van der Waals surface area contributed by atoms with Crippen molar-refractivity contribution < 1.29 is 4.74 Å². The summed E-state index contributed by atoms with van der Waals surface area (Å²) in [5, 5.41) is 0. The molecule has 1 saturated heterocycles. The Morgan fingerprint density at radius 3 is 3.00 bits per heavy atom. The average molecular weight is 263 g/mol. The molecule has 0 amide bonds. The number of nitrogens with zero attached hydrogens (tertiary/aromatic N) is 2. The van der Waals surface area contributed by atoms with Crippen LogP contribution >= 0.6 is 0 Å². The maximum Gasteiger partial charge on any atom is 0.254 e. The van der Waals surface area contributed by atoms with Gasteiger partial charge in [0.1, 0.15) is 11.9 Å². The van der Waals surface area contributed by atoms with Crippen molar-refractivity contribution in [1.82, 2.24) is 14.9 Å². The first-order valence-electron chi connectivity index (χ1n) is 7.16. The Morgan fingerprint density at radius 2 is 2.16 bits per heavy atom. The first kappa shape index (κ1) is 12.8. The van der Waals surface area contributed by atoms with Crippen molar-refractivity contribution in [1.29, 1.82) is 0 Å². The van der Waals surface area contributed by atoms with Gasteiger partial charge in [-0.2, -0.15) is 0 Å². The van der Waals surface area contributed by atoms with Crippen molar-refractivity contribution in [2.24, 2.45) is 0 Å². The topological polar surface area (TPSA) is 58.2 Å². The number of fused-ring (bicyclic) bond motifs is 1. The molecule has 104 valence electrons. The first-order chi connectivity index (χ1) is 9.24. The van der Waals surface area contributed by atoms with Crippen LogP contribution in [0.3, 0.4) is 0 Å². The molecule has 0 aromatic carbocycles. The highest BCUT2D eigenvalue weighted by molar-refractivity contribution is 5.20. The number of aromatic amines is 1. The van der Waals surface area contributed by atoms with E-state index in [1.54, 1.807) is 0 Å². The highest BCUT2D eigenvalue weighted by Crippen LogP contribution is 2.21. The number of likely N-dealkylation sites (N-methyl/N-ethyl adjacent to an activating group) is 1. The molecule has 1 aliphatic carbocycles. The molecule has 0 saturated carbocycles. The fourth-order valence-electron chi connectivity index (χ4n) is 2.90. The lowest BCUT2D eigenvalue weighted by Gasteiger charge is -2.29.